The number of benzene rings is 2. The molecule has 5 heteroatoms. The van der Waals surface area contributed by atoms with E-state index < -0.39 is 0 Å². The molecule has 2 aromatic carbocycles. The van der Waals surface area contributed by atoms with Crippen LogP contribution in [0.15, 0.2) is 71.5 Å². The molecule has 1 saturated heterocycles. The van der Waals surface area contributed by atoms with E-state index in [1.807, 2.05) is 30.3 Å². The third kappa shape index (κ3) is 3.17. The Morgan fingerprint density at radius 1 is 1.12 bits per heavy atom. The minimum atomic E-state index is -0.107. The summed E-state index contributed by atoms with van der Waals surface area (Å²) in [7, 11) is 1.70. The van der Waals surface area contributed by atoms with Crippen molar-refractivity contribution in [3.8, 4) is 11.4 Å². The maximum Gasteiger partial charge on any atom is 0.158 e. The summed E-state index contributed by atoms with van der Waals surface area (Å²) in [6.45, 7) is 1.54. The minimum Gasteiger partial charge on any atom is -0.495 e. The van der Waals surface area contributed by atoms with Crippen molar-refractivity contribution in [1.29, 1.82) is 0 Å². The van der Waals surface area contributed by atoms with Gasteiger partial charge in [-0.2, -0.15) is 0 Å². The zero-order valence-corrected chi connectivity index (χ0v) is 15.5. The second-order valence-electron chi connectivity index (χ2n) is 5.92. The highest BCUT2D eigenvalue weighted by molar-refractivity contribution is 9.10. The van der Waals surface area contributed by atoms with Crippen LogP contribution >= 0.6 is 15.9 Å². The zero-order valence-electron chi connectivity index (χ0n) is 13.9. The molecule has 4 nitrogen and oxygen atoms in total. The molecular weight excluding hydrogens is 380 g/mol. The van der Waals surface area contributed by atoms with Gasteiger partial charge in [0.25, 0.3) is 0 Å². The largest absolute Gasteiger partial charge is 0.495 e. The molecule has 1 aromatic heterocycles. The summed E-state index contributed by atoms with van der Waals surface area (Å²) < 4.78 is 14.7. The smallest absolute Gasteiger partial charge is 0.158 e. The van der Waals surface area contributed by atoms with E-state index in [0.29, 0.717) is 6.61 Å². The van der Waals surface area contributed by atoms with Crippen LogP contribution in [0.4, 0.5) is 5.69 Å². The predicted molar refractivity (Wildman–Crippen MR) is 103 cm³/mol. The van der Waals surface area contributed by atoms with Crippen LogP contribution in [0, 0.1) is 0 Å². The minimum absolute atomic E-state index is 0.107. The molecule has 0 radical (unpaired) electrons. The third-order valence-corrected chi connectivity index (χ3v) is 4.89. The molecule has 1 fully saturated rings. The molecule has 25 heavy (non-hydrogen) atoms. The van der Waals surface area contributed by atoms with Gasteiger partial charge in [0.15, 0.2) is 6.23 Å². The fourth-order valence-electron chi connectivity index (χ4n) is 3.22. The molecule has 2 heterocycles. The Balaban J connectivity index is 1.65. The number of para-hydroxylation sites is 2. The van der Waals surface area contributed by atoms with Gasteiger partial charge >= 0.3 is 0 Å². The van der Waals surface area contributed by atoms with Crippen molar-refractivity contribution in [1.82, 2.24) is 4.57 Å². The standard InChI is InChI=1S/C20H19BrN2O2/c1-24-19-8-3-2-7-18(19)23-11-12-25-20(23)15-9-10-22(14-15)17-6-4-5-16(21)13-17/h2-10,13-14,20H,11-12H2,1H3. The van der Waals surface area contributed by atoms with Crippen molar-refractivity contribution < 1.29 is 9.47 Å². The summed E-state index contributed by atoms with van der Waals surface area (Å²) in [5.41, 5.74) is 3.30. The Morgan fingerprint density at radius 3 is 2.84 bits per heavy atom. The van der Waals surface area contributed by atoms with Gasteiger partial charge in [-0.3, -0.25) is 0 Å². The first-order valence-corrected chi connectivity index (χ1v) is 9.00. The van der Waals surface area contributed by atoms with E-state index in [-0.39, 0.29) is 6.23 Å². The SMILES string of the molecule is COc1ccccc1N1CCOC1c1ccn(-c2cccc(Br)c2)c1. The topological polar surface area (TPSA) is 26.6 Å². The first-order chi connectivity index (χ1) is 12.3. The van der Waals surface area contributed by atoms with Crippen LogP contribution in [-0.2, 0) is 4.74 Å². The van der Waals surface area contributed by atoms with Crippen molar-refractivity contribution in [2.24, 2.45) is 0 Å². The van der Waals surface area contributed by atoms with Crippen LogP contribution in [0.5, 0.6) is 5.75 Å². The van der Waals surface area contributed by atoms with Gasteiger partial charge in [0.2, 0.25) is 0 Å². The molecule has 3 aromatic rings. The number of halogens is 1. The quantitative estimate of drug-likeness (QED) is 0.632. The number of nitrogens with zero attached hydrogens (tertiary/aromatic N) is 2. The molecule has 1 aliphatic rings. The number of ether oxygens (including phenoxy) is 2. The van der Waals surface area contributed by atoms with Crippen molar-refractivity contribution in [2.45, 2.75) is 6.23 Å². The second kappa shape index (κ2) is 6.94. The molecule has 1 unspecified atom stereocenters. The van der Waals surface area contributed by atoms with E-state index in [2.05, 4.69) is 62.1 Å². The van der Waals surface area contributed by atoms with E-state index in [1.54, 1.807) is 7.11 Å². The van der Waals surface area contributed by atoms with E-state index in [4.69, 9.17) is 9.47 Å². The van der Waals surface area contributed by atoms with Crippen molar-refractivity contribution in [2.75, 3.05) is 25.2 Å². The Morgan fingerprint density at radius 2 is 2.00 bits per heavy atom. The van der Waals surface area contributed by atoms with E-state index in [1.165, 1.54) is 0 Å². The molecular formula is C20H19BrN2O2. The summed E-state index contributed by atoms with van der Waals surface area (Å²) in [6.07, 6.45) is 4.09. The molecule has 1 aliphatic heterocycles. The molecule has 0 amide bonds. The van der Waals surface area contributed by atoms with Crippen molar-refractivity contribution in [3.05, 3.63) is 77.0 Å². The van der Waals surface area contributed by atoms with E-state index >= 15 is 0 Å². The lowest BCUT2D eigenvalue weighted by molar-refractivity contribution is 0.113. The van der Waals surface area contributed by atoms with Crippen LogP contribution < -0.4 is 9.64 Å². The molecule has 0 aliphatic carbocycles. The van der Waals surface area contributed by atoms with E-state index in [9.17, 15) is 0 Å². The van der Waals surface area contributed by atoms with Crippen LogP contribution in [-0.4, -0.2) is 24.8 Å². The summed E-state index contributed by atoms with van der Waals surface area (Å²) in [5, 5.41) is 0. The highest BCUT2D eigenvalue weighted by atomic mass is 79.9. The van der Waals surface area contributed by atoms with Gasteiger partial charge in [-0.15, -0.1) is 0 Å². The lowest BCUT2D eigenvalue weighted by atomic mass is 10.2. The van der Waals surface area contributed by atoms with Gasteiger partial charge in [0.1, 0.15) is 5.75 Å². The lowest BCUT2D eigenvalue weighted by Gasteiger charge is -2.26. The molecule has 0 bridgehead atoms. The lowest BCUT2D eigenvalue weighted by Crippen LogP contribution is -2.23. The van der Waals surface area contributed by atoms with Crippen LogP contribution in [0.2, 0.25) is 0 Å². The molecule has 0 spiro atoms. The summed E-state index contributed by atoms with van der Waals surface area (Å²) in [4.78, 5) is 2.25. The number of anilines is 1. The molecule has 4 rings (SSSR count). The van der Waals surface area contributed by atoms with Crippen molar-refractivity contribution in [3.63, 3.8) is 0 Å². The second-order valence-corrected chi connectivity index (χ2v) is 6.84. The Kier molecular flexibility index (Phi) is 4.51. The Hall–Kier alpha value is -2.24. The van der Waals surface area contributed by atoms with Gasteiger partial charge in [-0.25, -0.2) is 0 Å². The number of aromatic nitrogens is 1. The molecule has 0 saturated carbocycles. The zero-order chi connectivity index (χ0) is 17.2. The fraction of sp³-hybridized carbons (Fsp3) is 0.200. The maximum atomic E-state index is 6.03. The average Bonchev–Trinajstić information content (AvgIpc) is 3.30. The van der Waals surface area contributed by atoms with Crippen molar-refractivity contribution >= 4 is 21.6 Å². The summed E-state index contributed by atoms with van der Waals surface area (Å²) in [6, 6.07) is 18.4. The van der Waals surface area contributed by atoms with Crippen LogP contribution in [0.25, 0.3) is 5.69 Å². The Labute approximate surface area is 155 Å². The van der Waals surface area contributed by atoms with Crippen LogP contribution in [0.1, 0.15) is 11.8 Å². The van der Waals surface area contributed by atoms with Gasteiger partial charge in [-0.05, 0) is 36.4 Å². The van der Waals surface area contributed by atoms with Gasteiger partial charge in [0, 0.05) is 34.7 Å². The summed E-state index contributed by atoms with van der Waals surface area (Å²) >= 11 is 3.53. The number of rotatable bonds is 4. The predicted octanol–water partition coefficient (Wildman–Crippen LogP) is 4.78. The number of methoxy groups -OCH3 is 1. The van der Waals surface area contributed by atoms with Gasteiger partial charge in [-0.1, -0.05) is 34.1 Å². The normalized spacial score (nSPS) is 17.0. The number of hydrogen-bond donors (Lipinski definition) is 0. The third-order valence-electron chi connectivity index (χ3n) is 4.39. The first-order valence-electron chi connectivity index (χ1n) is 8.21. The summed E-state index contributed by atoms with van der Waals surface area (Å²) in [5.74, 6) is 0.865. The molecule has 1 atom stereocenters. The molecule has 0 N–H and O–H groups in total. The maximum absolute atomic E-state index is 6.03. The fourth-order valence-corrected chi connectivity index (χ4v) is 3.60. The monoisotopic (exact) mass is 398 g/mol. The van der Waals surface area contributed by atoms with Crippen LogP contribution in [0.3, 0.4) is 0 Å². The first kappa shape index (κ1) is 16.2. The molecule has 128 valence electrons. The Bertz CT molecular complexity index is 877. The highest BCUT2D eigenvalue weighted by Crippen LogP contribution is 2.37. The highest BCUT2D eigenvalue weighted by Gasteiger charge is 2.29. The van der Waals surface area contributed by atoms with E-state index in [0.717, 1.165) is 33.7 Å². The van der Waals surface area contributed by atoms with Gasteiger partial charge in [0.05, 0.1) is 19.4 Å². The average molecular weight is 399 g/mol. The van der Waals surface area contributed by atoms with Gasteiger partial charge < -0.3 is 18.9 Å². The number of hydrogen-bond acceptors (Lipinski definition) is 3.